The second-order valence-corrected chi connectivity index (χ2v) is 4.64. The summed E-state index contributed by atoms with van der Waals surface area (Å²) >= 11 is 0. The first-order chi connectivity index (χ1) is 10.0. The van der Waals surface area contributed by atoms with E-state index in [2.05, 4.69) is 9.97 Å². The van der Waals surface area contributed by atoms with E-state index < -0.39 is 10.9 Å². The van der Waals surface area contributed by atoms with Gasteiger partial charge in [-0.2, -0.15) is 0 Å². The second kappa shape index (κ2) is 4.55. The fourth-order valence-electron chi connectivity index (χ4n) is 2.59. The van der Waals surface area contributed by atoms with Gasteiger partial charge in [0.2, 0.25) is 0 Å². The minimum absolute atomic E-state index is 0.0163. The van der Waals surface area contributed by atoms with Crippen LogP contribution in [0.2, 0.25) is 0 Å². The quantitative estimate of drug-likeness (QED) is 0.568. The first-order valence-corrected chi connectivity index (χ1v) is 6.34. The lowest BCUT2D eigenvalue weighted by atomic mass is 10.0. The average molecular weight is 285 g/mol. The van der Waals surface area contributed by atoms with Crippen LogP contribution in [0.3, 0.4) is 0 Å². The number of non-ortho nitro benzene ring substituents is 1. The summed E-state index contributed by atoms with van der Waals surface area (Å²) in [7, 11) is 0. The number of rotatable bonds is 3. The van der Waals surface area contributed by atoms with Gasteiger partial charge in [-0.15, -0.1) is 0 Å². The Hall–Kier alpha value is -2.96. The molecule has 3 aromatic rings. The molecule has 1 aromatic carbocycles. The van der Waals surface area contributed by atoms with E-state index >= 15 is 0 Å². The summed E-state index contributed by atoms with van der Waals surface area (Å²) in [6.45, 7) is 1.83. The predicted octanol–water partition coefficient (Wildman–Crippen LogP) is 2.88. The second-order valence-electron chi connectivity index (χ2n) is 4.64. The highest BCUT2D eigenvalue weighted by atomic mass is 16.6. The molecule has 7 heteroatoms. The summed E-state index contributed by atoms with van der Waals surface area (Å²) in [5, 5.41) is 21.5. The van der Waals surface area contributed by atoms with E-state index in [9.17, 15) is 20.0 Å². The number of H-pyrrole nitrogens is 1. The molecule has 0 spiro atoms. The number of aryl methyl sites for hydroxylation is 1. The molecule has 0 atom stereocenters. The Morgan fingerprint density at radius 2 is 2.19 bits per heavy atom. The molecule has 0 fully saturated rings. The van der Waals surface area contributed by atoms with Gasteiger partial charge in [0.25, 0.3) is 5.69 Å². The van der Waals surface area contributed by atoms with E-state index in [4.69, 9.17) is 0 Å². The van der Waals surface area contributed by atoms with Crippen LogP contribution in [0.1, 0.15) is 23.0 Å². The molecule has 21 heavy (non-hydrogen) atoms. The van der Waals surface area contributed by atoms with Gasteiger partial charge in [-0.1, -0.05) is 6.92 Å². The molecular formula is C14H11N3O4. The van der Waals surface area contributed by atoms with E-state index in [0.717, 1.165) is 5.52 Å². The molecule has 0 unspecified atom stereocenters. The summed E-state index contributed by atoms with van der Waals surface area (Å²) in [6, 6.07) is 4.49. The highest BCUT2D eigenvalue weighted by Gasteiger charge is 2.18. The number of nitrogens with zero attached hydrogens (tertiary/aromatic N) is 2. The molecule has 0 saturated carbocycles. The molecule has 7 nitrogen and oxygen atoms in total. The number of aromatic amines is 1. The number of pyridine rings is 1. The number of hydrogen-bond acceptors (Lipinski definition) is 4. The number of aromatic carboxylic acids is 1. The van der Waals surface area contributed by atoms with Crippen molar-refractivity contribution in [2.24, 2.45) is 0 Å². The predicted molar refractivity (Wildman–Crippen MR) is 76.6 cm³/mol. The van der Waals surface area contributed by atoms with Crippen molar-refractivity contribution in [1.82, 2.24) is 9.97 Å². The molecule has 3 rings (SSSR count). The lowest BCUT2D eigenvalue weighted by Crippen LogP contribution is -2.05. The molecule has 0 radical (unpaired) electrons. The zero-order valence-corrected chi connectivity index (χ0v) is 11.1. The van der Waals surface area contributed by atoms with Gasteiger partial charge in [0.1, 0.15) is 0 Å². The lowest BCUT2D eigenvalue weighted by molar-refractivity contribution is -0.384. The van der Waals surface area contributed by atoms with Gasteiger partial charge in [-0.3, -0.25) is 10.1 Å². The number of fused-ring (bicyclic) bond motifs is 3. The zero-order valence-electron chi connectivity index (χ0n) is 11.1. The number of nitrogens with one attached hydrogen (secondary N) is 1. The standard InChI is InChI=1S/C14H11N3O4/c1-2-8-12-9-5-7(17(20)21)3-4-10(9)16-11(12)6-15-13(8)14(18)19/h3-6,16H,2H2,1H3,(H,18,19). The van der Waals surface area contributed by atoms with Crippen LogP contribution in [0.5, 0.6) is 0 Å². The van der Waals surface area contributed by atoms with E-state index in [1.54, 1.807) is 6.07 Å². The summed E-state index contributed by atoms with van der Waals surface area (Å²) in [4.78, 5) is 28.8. The molecule has 106 valence electrons. The van der Waals surface area contributed by atoms with Gasteiger partial charge in [-0.25, -0.2) is 9.78 Å². The molecule has 2 aromatic heterocycles. The van der Waals surface area contributed by atoms with Crippen molar-refractivity contribution < 1.29 is 14.8 Å². The van der Waals surface area contributed by atoms with Gasteiger partial charge >= 0.3 is 5.97 Å². The topological polar surface area (TPSA) is 109 Å². The van der Waals surface area contributed by atoms with Gasteiger partial charge in [0.15, 0.2) is 5.69 Å². The Morgan fingerprint density at radius 1 is 1.43 bits per heavy atom. The molecule has 0 bridgehead atoms. The summed E-state index contributed by atoms with van der Waals surface area (Å²) in [5.41, 5.74) is 1.92. The normalized spacial score (nSPS) is 11.1. The van der Waals surface area contributed by atoms with Crippen LogP contribution in [0.25, 0.3) is 21.8 Å². The zero-order chi connectivity index (χ0) is 15.1. The van der Waals surface area contributed by atoms with Crippen LogP contribution >= 0.6 is 0 Å². The smallest absolute Gasteiger partial charge is 0.354 e. The fraction of sp³-hybridized carbons (Fsp3) is 0.143. The maximum Gasteiger partial charge on any atom is 0.354 e. The van der Waals surface area contributed by atoms with Crippen molar-refractivity contribution in [3.05, 3.63) is 45.8 Å². The molecule has 0 aliphatic heterocycles. The van der Waals surface area contributed by atoms with Crippen molar-refractivity contribution >= 4 is 33.5 Å². The van der Waals surface area contributed by atoms with Gasteiger partial charge < -0.3 is 10.1 Å². The van der Waals surface area contributed by atoms with Crippen molar-refractivity contribution in [2.75, 3.05) is 0 Å². The van der Waals surface area contributed by atoms with Crippen molar-refractivity contribution in [3.8, 4) is 0 Å². The highest BCUT2D eigenvalue weighted by molar-refractivity contribution is 6.11. The van der Waals surface area contributed by atoms with E-state index in [1.165, 1.54) is 18.3 Å². The largest absolute Gasteiger partial charge is 0.477 e. The van der Waals surface area contributed by atoms with Crippen LogP contribution in [0.15, 0.2) is 24.4 Å². The third-order valence-electron chi connectivity index (χ3n) is 3.49. The molecule has 2 heterocycles. The van der Waals surface area contributed by atoms with Gasteiger partial charge in [0.05, 0.1) is 16.6 Å². The maximum absolute atomic E-state index is 11.3. The fourth-order valence-corrected chi connectivity index (χ4v) is 2.59. The summed E-state index contributed by atoms with van der Waals surface area (Å²) in [5.74, 6) is -1.10. The van der Waals surface area contributed by atoms with Crippen LogP contribution in [0.4, 0.5) is 5.69 Å². The van der Waals surface area contributed by atoms with E-state index in [1.807, 2.05) is 6.92 Å². The minimum atomic E-state index is -1.10. The third-order valence-corrected chi connectivity index (χ3v) is 3.49. The Labute approximate surface area is 118 Å². The number of carboxylic acids is 1. The van der Waals surface area contributed by atoms with Crippen LogP contribution in [-0.4, -0.2) is 26.0 Å². The van der Waals surface area contributed by atoms with Crippen LogP contribution in [0, 0.1) is 10.1 Å². The molecule has 0 aliphatic carbocycles. The van der Waals surface area contributed by atoms with E-state index in [0.29, 0.717) is 28.3 Å². The molecular weight excluding hydrogens is 274 g/mol. The summed E-state index contributed by atoms with van der Waals surface area (Å²) < 4.78 is 0. The average Bonchev–Trinajstić information content (AvgIpc) is 2.83. The van der Waals surface area contributed by atoms with E-state index in [-0.39, 0.29) is 11.4 Å². The molecule has 2 N–H and O–H groups in total. The molecule has 0 aliphatic rings. The number of aromatic nitrogens is 2. The Bertz CT molecular complexity index is 898. The summed E-state index contributed by atoms with van der Waals surface area (Å²) in [6.07, 6.45) is 1.92. The lowest BCUT2D eigenvalue weighted by Gasteiger charge is -2.04. The number of nitro benzene ring substituents is 1. The third kappa shape index (κ3) is 1.90. The van der Waals surface area contributed by atoms with Crippen LogP contribution in [-0.2, 0) is 6.42 Å². The number of hydrogen-bond donors (Lipinski definition) is 2. The van der Waals surface area contributed by atoms with Crippen molar-refractivity contribution in [3.63, 3.8) is 0 Å². The Morgan fingerprint density at radius 3 is 2.81 bits per heavy atom. The number of nitro groups is 1. The number of carbonyl (C=O) groups is 1. The van der Waals surface area contributed by atoms with Gasteiger partial charge in [-0.05, 0) is 18.1 Å². The Kier molecular flexibility index (Phi) is 2.83. The first-order valence-electron chi connectivity index (χ1n) is 6.34. The minimum Gasteiger partial charge on any atom is -0.477 e. The maximum atomic E-state index is 11.3. The number of benzene rings is 1. The molecule has 0 saturated heterocycles. The SMILES string of the molecule is CCc1c(C(=O)O)ncc2[nH]c3ccc([N+](=O)[O-])cc3c12. The monoisotopic (exact) mass is 285 g/mol. The van der Waals surface area contributed by atoms with Crippen molar-refractivity contribution in [2.45, 2.75) is 13.3 Å². The van der Waals surface area contributed by atoms with Gasteiger partial charge in [0, 0.05) is 28.4 Å². The first kappa shape index (κ1) is 13.0. The Balaban J connectivity index is 2.47. The van der Waals surface area contributed by atoms with Crippen molar-refractivity contribution in [1.29, 1.82) is 0 Å². The highest BCUT2D eigenvalue weighted by Crippen LogP contribution is 2.32. The number of carboxylic acid groups (broad SMARTS) is 1. The molecule has 0 amide bonds. The van der Waals surface area contributed by atoms with Crippen LogP contribution < -0.4 is 0 Å².